The molecule has 0 bridgehead atoms. The van der Waals surface area contributed by atoms with E-state index in [1.54, 1.807) is 0 Å². The first kappa shape index (κ1) is 14.3. The van der Waals surface area contributed by atoms with E-state index in [4.69, 9.17) is 5.73 Å². The highest BCUT2D eigenvalue weighted by atomic mass is 15.1. The maximum Gasteiger partial charge on any atom is 0.0217 e. The third kappa shape index (κ3) is 3.72. The summed E-state index contributed by atoms with van der Waals surface area (Å²) >= 11 is 0. The van der Waals surface area contributed by atoms with Crippen LogP contribution in [-0.2, 0) is 0 Å². The summed E-state index contributed by atoms with van der Waals surface area (Å²) in [6.07, 6.45) is 2.38. The van der Waals surface area contributed by atoms with Gasteiger partial charge in [-0.3, -0.25) is 0 Å². The minimum atomic E-state index is 0.339. The lowest BCUT2D eigenvalue weighted by atomic mass is 9.90. The molecule has 2 aromatic carbocycles. The number of piperidine rings is 1. The number of hydrogen-bond acceptors (Lipinski definition) is 2. The molecule has 1 aliphatic heterocycles. The number of nitrogens with two attached hydrogens (primary N) is 1. The first-order valence-corrected chi connectivity index (χ1v) is 7.91. The molecule has 1 unspecified atom stereocenters. The minimum absolute atomic E-state index is 0.339. The fraction of sp³-hybridized carbons (Fsp3) is 0.368. The Balaban J connectivity index is 1.83. The number of benzene rings is 2. The molecule has 110 valence electrons. The molecule has 3 rings (SSSR count). The molecule has 2 aromatic rings. The SMILES string of the molecule is NC1CCCN(CC(c2ccccc2)c2ccccc2)C1. The van der Waals surface area contributed by atoms with E-state index in [1.165, 1.54) is 24.1 Å². The van der Waals surface area contributed by atoms with Gasteiger partial charge in [0, 0.05) is 25.0 Å². The Morgan fingerprint density at radius 2 is 1.52 bits per heavy atom. The first-order chi connectivity index (χ1) is 10.3. The van der Waals surface area contributed by atoms with E-state index < -0.39 is 0 Å². The van der Waals surface area contributed by atoms with E-state index in [0.717, 1.165) is 19.5 Å². The highest BCUT2D eigenvalue weighted by Crippen LogP contribution is 2.26. The van der Waals surface area contributed by atoms with Crippen LogP contribution in [0.4, 0.5) is 0 Å². The van der Waals surface area contributed by atoms with Crippen molar-refractivity contribution in [3.05, 3.63) is 71.8 Å². The Labute approximate surface area is 127 Å². The molecule has 0 radical (unpaired) electrons. The van der Waals surface area contributed by atoms with Crippen molar-refractivity contribution < 1.29 is 0 Å². The Hall–Kier alpha value is -1.64. The second-order valence-electron chi connectivity index (χ2n) is 6.04. The van der Waals surface area contributed by atoms with Gasteiger partial charge in [-0.25, -0.2) is 0 Å². The third-order valence-electron chi connectivity index (χ3n) is 4.39. The van der Waals surface area contributed by atoms with Crippen LogP contribution in [0.5, 0.6) is 0 Å². The van der Waals surface area contributed by atoms with Crippen LogP contribution >= 0.6 is 0 Å². The Morgan fingerprint density at radius 1 is 0.952 bits per heavy atom. The molecule has 2 heteroatoms. The van der Waals surface area contributed by atoms with Crippen molar-refractivity contribution in [1.82, 2.24) is 4.90 Å². The summed E-state index contributed by atoms with van der Waals surface area (Å²) in [4.78, 5) is 2.53. The molecule has 1 atom stereocenters. The topological polar surface area (TPSA) is 29.3 Å². The Bertz CT molecular complexity index is 499. The average molecular weight is 280 g/mol. The molecule has 1 aliphatic rings. The molecule has 1 heterocycles. The predicted octanol–water partition coefficient (Wildman–Crippen LogP) is 3.24. The van der Waals surface area contributed by atoms with Crippen LogP contribution in [0.15, 0.2) is 60.7 Å². The highest BCUT2D eigenvalue weighted by Gasteiger charge is 2.22. The van der Waals surface area contributed by atoms with Crippen LogP contribution in [0.1, 0.15) is 29.9 Å². The van der Waals surface area contributed by atoms with Crippen molar-refractivity contribution in [2.24, 2.45) is 5.73 Å². The summed E-state index contributed by atoms with van der Waals surface area (Å²) in [5.41, 5.74) is 8.92. The Kier molecular flexibility index (Phi) is 4.69. The average Bonchev–Trinajstić information content (AvgIpc) is 2.54. The van der Waals surface area contributed by atoms with Gasteiger partial charge in [-0.1, -0.05) is 60.7 Å². The fourth-order valence-corrected chi connectivity index (χ4v) is 3.29. The summed E-state index contributed by atoms with van der Waals surface area (Å²) in [6, 6.07) is 22.0. The molecule has 21 heavy (non-hydrogen) atoms. The zero-order valence-electron chi connectivity index (χ0n) is 12.5. The van der Waals surface area contributed by atoms with Crippen molar-refractivity contribution in [2.75, 3.05) is 19.6 Å². The van der Waals surface area contributed by atoms with Crippen molar-refractivity contribution in [3.8, 4) is 0 Å². The van der Waals surface area contributed by atoms with Crippen LogP contribution in [0.3, 0.4) is 0 Å². The van der Waals surface area contributed by atoms with Crippen LogP contribution in [-0.4, -0.2) is 30.6 Å². The lowest BCUT2D eigenvalue weighted by Crippen LogP contribution is -2.44. The Morgan fingerprint density at radius 3 is 2.05 bits per heavy atom. The van der Waals surface area contributed by atoms with E-state index in [1.807, 2.05) is 0 Å². The highest BCUT2D eigenvalue weighted by molar-refractivity contribution is 5.32. The molecule has 2 nitrogen and oxygen atoms in total. The van der Waals surface area contributed by atoms with Gasteiger partial charge in [-0.05, 0) is 30.5 Å². The van der Waals surface area contributed by atoms with Gasteiger partial charge in [-0.15, -0.1) is 0 Å². The maximum absolute atomic E-state index is 6.14. The second kappa shape index (κ2) is 6.88. The summed E-state index contributed by atoms with van der Waals surface area (Å²) in [6.45, 7) is 3.25. The van der Waals surface area contributed by atoms with Gasteiger partial charge in [0.15, 0.2) is 0 Å². The van der Waals surface area contributed by atoms with Crippen molar-refractivity contribution in [3.63, 3.8) is 0 Å². The van der Waals surface area contributed by atoms with Gasteiger partial charge >= 0.3 is 0 Å². The normalized spacial score (nSPS) is 19.8. The number of likely N-dealkylation sites (tertiary alicyclic amines) is 1. The smallest absolute Gasteiger partial charge is 0.0217 e. The number of hydrogen-bond donors (Lipinski definition) is 1. The molecule has 0 amide bonds. The lowest BCUT2D eigenvalue weighted by molar-refractivity contribution is 0.203. The molecule has 0 aliphatic carbocycles. The molecule has 0 saturated carbocycles. The monoisotopic (exact) mass is 280 g/mol. The number of nitrogens with zero attached hydrogens (tertiary/aromatic N) is 1. The summed E-state index contributed by atoms with van der Waals surface area (Å²) in [5, 5.41) is 0. The van der Waals surface area contributed by atoms with E-state index in [0.29, 0.717) is 12.0 Å². The molecular weight excluding hydrogens is 256 g/mol. The van der Waals surface area contributed by atoms with Gasteiger partial charge in [-0.2, -0.15) is 0 Å². The molecule has 0 spiro atoms. The standard InChI is InChI=1S/C19H24N2/c20-18-12-7-13-21(14-18)15-19(16-8-3-1-4-9-16)17-10-5-2-6-11-17/h1-6,8-11,18-19H,7,12-15,20H2. The minimum Gasteiger partial charge on any atom is -0.327 e. The van der Waals surface area contributed by atoms with Gasteiger partial charge in [0.05, 0.1) is 0 Å². The maximum atomic E-state index is 6.14. The summed E-state index contributed by atoms with van der Waals surface area (Å²) < 4.78 is 0. The molecule has 2 N–H and O–H groups in total. The van der Waals surface area contributed by atoms with Gasteiger partial charge in [0.25, 0.3) is 0 Å². The summed E-state index contributed by atoms with van der Waals surface area (Å²) in [7, 11) is 0. The van der Waals surface area contributed by atoms with Crippen LogP contribution < -0.4 is 5.73 Å². The van der Waals surface area contributed by atoms with E-state index >= 15 is 0 Å². The molecule has 1 saturated heterocycles. The van der Waals surface area contributed by atoms with Gasteiger partial charge in [0.1, 0.15) is 0 Å². The first-order valence-electron chi connectivity index (χ1n) is 7.91. The second-order valence-corrected chi connectivity index (χ2v) is 6.04. The largest absolute Gasteiger partial charge is 0.327 e. The van der Waals surface area contributed by atoms with Crippen LogP contribution in [0, 0.1) is 0 Å². The zero-order chi connectivity index (χ0) is 14.5. The summed E-state index contributed by atoms with van der Waals surface area (Å²) in [5.74, 6) is 0.428. The molecular formula is C19H24N2. The van der Waals surface area contributed by atoms with E-state index in [-0.39, 0.29) is 0 Å². The predicted molar refractivity (Wildman–Crippen MR) is 88.4 cm³/mol. The van der Waals surface area contributed by atoms with Gasteiger partial charge in [0.2, 0.25) is 0 Å². The van der Waals surface area contributed by atoms with Crippen molar-refractivity contribution >= 4 is 0 Å². The van der Waals surface area contributed by atoms with Crippen LogP contribution in [0.2, 0.25) is 0 Å². The van der Waals surface area contributed by atoms with Crippen LogP contribution in [0.25, 0.3) is 0 Å². The number of rotatable bonds is 4. The third-order valence-corrected chi connectivity index (χ3v) is 4.39. The fourth-order valence-electron chi connectivity index (χ4n) is 3.29. The van der Waals surface area contributed by atoms with E-state index in [2.05, 4.69) is 65.6 Å². The lowest BCUT2D eigenvalue weighted by Gasteiger charge is -2.33. The molecule has 1 fully saturated rings. The van der Waals surface area contributed by atoms with Gasteiger partial charge < -0.3 is 10.6 Å². The quantitative estimate of drug-likeness (QED) is 0.931. The zero-order valence-corrected chi connectivity index (χ0v) is 12.5. The van der Waals surface area contributed by atoms with Crippen molar-refractivity contribution in [1.29, 1.82) is 0 Å². The molecule has 0 aromatic heterocycles. The van der Waals surface area contributed by atoms with Crippen molar-refractivity contribution in [2.45, 2.75) is 24.8 Å². The van der Waals surface area contributed by atoms with E-state index in [9.17, 15) is 0 Å².